The van der Waals surface area contributed by atoms with Gasteiger partial charge in [-0.05, 0) is 50.4 Å². The number of hydrogen-bond donors (Lipinski definition) is 1. The summed E-state index contributed by atoms with van der Waals surface area (Å²) in [5, 5.41) is 9.27. The van der Waals surface area contributed by atoms with Crippen molar-refractivity contribution in [2.45, 2.75) is 46.7 Å². The average molecular weight is 346 g/mol. The number of piperidine rings is 1. The SMILES string of the molecule is CCN(Cc1ccc(C(=O)N2CC(C)CC(C(=O)O)C2)cc1)C(C)C. The van der Waals surface area contributed by atoms with E-state index in [1.807, 2.05) is 31.2 Å². The van der Waals surface area contributed by atoms with Crippen molar-refractivity contribution < 1.29 is 14.7 Å². The minimum atomic E-state index is -0.812. The third-order valence-corrected chi connectivity index (χ3v) is 5.02. The van der Waals surface area contributed by atoms with Gasteiger partial charge in [0.05, 0.1) is 5.92 Å². The molecule has 0 spiro atoms. The average Bonchev–Trinajstić information content (AvgIpc) is 2.58. The Bertz CT molecular complexity index is 597. The van der Waals surface area contributed by atoms with Crippen LogP contribution in [-0.4, -0.2) is 52.5 Å². The first-order valence-corrected chi connectivity index (χ1v) is 9.16. The Morgan fingerprint density at radius 2 is 1.88 bits per heavy atom. The first-order chi connectivity index (χ1) is 11.8. The van der Waals surface area contributed by atoms with Crippen LogP contribution in [0.15, 0.2) is 24.3 Å². The van der Waals surface area contributed by atoms with Crippen molar-refractivity contribution >= 4 is 11.9 Å². The van der Waals surface area contributed by atoms with Gasteiger partial charge in [-0.1, -0.05) is 26.0 Å². The second-order valence-electron chi connectivity index (χ2n) is 7.44. The molecule has 1 aliphatic heterocycles. The molecule has 0 saturated carbocycles. The molecule has 0 aliphatic carbocycles. The summed E-state index contributed by atoms with van der Waals surface area (Å²) in [5.41, 5.74) is 1.82. The molecular weight excluding hydrogens is 316 g/mol. The number of amides is 1. The quantitative estimate of drug-likeness (QED) is 0.860. The molecule has 0 bridgehead atoms. The van der Waals surface area contributed by atoms with E-state index in [1.165, 1.54) is 5.56 Å². The standard InChI is InChI=1S/C20H30N2O3/c1-5-21(14(2)3)12-16-6-8-17(9-7-16)19(23)22-11-15(4)10-18(13-22)20(24)25/h6-9,14-15,18H,5,10-13H2,1-4H3,(H,24,25). The predicted molar refractivity (Wildman–Crippen MR) is 98.5 cm³/mol. The number of hydrogen-bond acceptors (Lipinski definition) is 3. The lowest BCUT2D eigenvalue weighted by atomic mass is 9.90. The van der Waals surface area contributed by atoms with E-state index >= 15 is 0 Å². The lowest BCUT2D eigenvalue weighted by Crippen LogP contribution is -2.45. The van der Waals surface area contributed by atoms with E-state index in [2.05, 4.69) is 25.7 Å². The van der Waals surface area contributed by atoms with Crippen LogP contribution < -0.4 is 0 Å². The van der Waals surface area contributed by atoms with Crippen LogP contribution in [0.25, 0.3) is 0 Å². The molecule has 1 heterocycles. The summed E-state index contributed by atoms with van der Waals surface area (Å²) in [6, 6.07) is 8.21. The molecule has 5 nitrogen and oxygen atoms in total. The van der Waals surface area contributed by atoms with E-state index in [0.29, 0.717) is 31.1 Å². The number of carboxylic acid groups (broad SMARTS) is 1. The molecule has 1 saturated heterocycles. The molecule has 5 heteroatoms. The third-order valence-electron chi connectivity index (χ3n) is 5.02. The molecule has 0 aromatic heterocycles. The fraction of sp³-hybridized carbons (Fsp3) is 0.600. The minimum absolute atomic E-state index is 0.0689. The Hall–Kier alpha value is -1.88. The zero-order valence-corrected chi connectivity index (χ0v) is 15.7. The normalized spacial score (nSPS) is 21.0. The number of carboxylic acids is 1. The second kappa shape index (κ2) is 8.48. The molecule has 1 fully saturated rings. The molecule has 1 N–H and O–H groups in total. The minimum Gasteiger partial charge on any atom is -0.481 e. The molecular formula is C20H30N2O3. The summed E-state index contributed by atoms with van der Waals surface area (Å²) >= 11 is 0. The van der Waals surface area contributed by atoms with E-state index in [1.54, 1.807) is 4.90 Å². The van der Waals surface area contributed by atoms with Crippen molar-refractivity contribution in [3.05, 3.63) is 35.4 Å². The van der Waals surface area contributed by atoms with Gasteiger partial charge in [0.25, 0.3) is 5.91 Å². The fourth-order valence-corrected chi connectivity index (χ4v) is 3.53. The van der Waals surface area contributed by atoms with Crippen molar-refractivity contribution in [2.75, 3.05) is 19.6 Å². The van der Waals surface area contributed by atoms with Crippen molar-refractivity contribution in [1.29, 1.82) is 0 Å². The number of aliphatic carboxylic acids is 1. The van der Waals surface area contributed by atoms with Crippen molar-refractivity contribution in [3.8, 4) is 0 Å². The summed E-state index contributed by atoms with van der Waals surface area (Å²) in [7, 11) is 0. The zero-order chi connectivity index (χ0) is 18.6. The van der Waals surface area contributed by atoms with E-state index < -0.39 is 11.9 Å². The van der Waals surface area contributed by atoms with Gasteiger partial charge in [-0.25, -0.2) is 0 Å². The molecule has 138 valence electrons. The Kier molecular flexibility index (Phi) is 6.59. The topological polar surface area (TPSA) is 60.9 Å². The maximum atomic E-state index is 12.7. The van der Waals surface area contributed by atoms with Crippen molar-refractivity contribution in [2.24, 2.45) is 11.8 Å². The van der Waals surface area contributed by atoms with Crippen LogP contribution in [0.1, 0.15) is 50.0 Å². The fourth-order valence-electron chi connectivity index (χ4n) is 3.53. The third kappa shape index (κ3) is 5.05. The number of benzene rings is 1. The van der Waals surface area contributed by atoms with E-state index in [-0.39, 0.29) is 11.8 Å². The smallest absolute Gasteiger partial charge is 0.308 e. The Morgan fingerprint density at radius 1 is 1.24 bits per heavy atom. The lowest BCUT2D eigenvalue weighted by molar-refractivity contribution is -0.143. The molecule has 2 unspecified atom stereocenters. The lowest BCUT2D eigenvalue weighted by Gasteiger charge is -2.34. The van der Waals surface area contributed by atoms with Crippen LogP contribution in [0.5, 0.6) is 0 Å². The predicted octanol–water partition coefficient (Wildman–Crippen LogP) is 3.10. The van der Waals surface area contributed by atoms with E-state index in [9.17, 15) is 14.7 Å². The first-order valence-electron chi connectivity index (χ1n) is 9.16. The summed E-state index contributed by atoms with van der Waals surface area (Å²) in [5.74, 6) is -1.13. The molecule has 1 aliphatic rings. The van der Waals surface area contributed by atoms with Crippen molar-refractivity contribution in [3.63, 3.8) is 0 Å². The summed E-state index contributed by atoms with van der Waals surface area (Å²) < 4.78 is 0. The van der Waals surface area contributed by atoms with Crippen LogP contribution in [0.4, 0.5) is 0 Å². The van der Waals surface area contributed by atoms with Gasteiger partial charge in [-0.2, -0.15) is 0 Å². The van der Waals surface area contributed by atoms with Gasteiger partial charge in [0.2, 0.25) is 0 Å². The maximum absolute atomic E-state index is 12.7. The highest BCUT2D eigenvalue weighted by molar-refractivity contribution is 5.94. The van der Waals surface area contributed by atoms with Gasteiger partial charge >= 0.3 is 5.97 Å². The zero-order valence-electron chi connectivity index (χ0n) is 15.7. The summed E-state index contributed by atoms with van der Waals surface area (Å²) in [6.45, 7) is 11.3. The van der Waals surface area contributed by atoms with Gasteiger partial charge in [0.15, 0.2) is 0 Å². The molecule has 25 heavy (non-hydrogen) atoms. The van der Waals surface area contributed by atoms with Gasteiger partial charge in [-0.15, -0.1) is 0 Å². The number of nitrogens with zero attached hydrogens (tertiary/aromatic N) is 2. The monoisotopic (exact) mass is 346 g/mol. The number of likely N-dealkylation sites (tertiary alicyclic amines) is 1. The van der Waals surface area contributed by atoms with Crippen LogP contribution in [0, 0.1) is 11.8 Å². The van der Waals surface area contributed by atoms with E-state index in [0.717, 1.165) is 13.1 Å². The summed E-state index contributed by atoms with van der Waals surface area (Å²) in [4.78, 5) is 28.1. The highest BCUT2D eigenvalue weighted by Crippen LogP contribution is 2.23. The molecule has 2 rings (SSSR count). The maximum Gasteiger partial charge on any atom is 0.308 e. The number of rotatable bonds is 6. The van der Waals surface area contributed by atoms with Crippen LogP contribution >= 0.6 is 0 Å². The van der Waals surface area contributed by atoms with Gasteiger partial charge in [-0.3, -0.25) is 14.5 Å². The number of carbonyl (C=O) groups excluding carboxylic acids is 1. The van der Waals surface area contributed by atoms with Gasteiger partial charge in [0.1, 0.15) is 0 Å². The number of carbonyl (C=O) groups is 2. The highest BCUT2D eigenvalue weighted by atomic mass is 16.4. The molecule has 1 amide bonds. The molecule has 1 aromatic carbocycles. The molecule has 2 atom stereocenters. The van der Waals surface area contributed by atoms with Gasteiger partial charge < -0.3 is 10.0 Å². The Balaban J connectivity index is 2.05. The van der Waals surface area contributed by atoms with Crippen LogP contribution in [0.3, 0.4) is 0 Å². The van der Waals surface area contributed by atoms with Crippen LogP contribution in [0.2, 0.25) is 0 Å². The second-order valence-corrected chi connectivity index (χ2v) is 7.44. The Morgan fingerprint density at radius 3 is 2.40 bits per heavy atom. The molecule has 0 radical (unpaired) electrons. The van der Waals surface area contributed by atoms with E-state index in [4.69, 9.17) is 0 Å². The van der Waals surface area contributed by atoms with Crippen molar-refractivity contribution in [1.82, 2.24) is 9.80 Å². The first kappa shape index (κ1) is 19.4. The molecule has 1 aromatic rings. The Labute approximate surface area is 150 Å². The highest BCUT2D eigenvalue weighted by Gasteiger charge is 2.32. The van der Waals surface area contributed by atoms with Crippen LogP contribution in [-0.2, 0) is 11.3 Å². The largest absolute Gasteiger partial charge is 0.481 e. The van der Waals surface area contributed by atoms with Gasteiger partial charge in [0, 0.05) is 31.2 Å². The summed E-state index contributed by atoms with van der Waals surface area (Å²) in [6.07, 6.45) is 0.639.